The lowest BCUT2D eigenvalue weighted by Gasteiger charge is -2.15. The Hall–Kier alpha value is -0.450. The normalized spacial score (nSPS) is 14.7. The molecule has 0 aliphatic heterocycles. The molecule has 6 heteroatoms. The zero-order valence-electron chi connectivity index (χ0n) is 7.50. The van der Waals surface area contributed by atoms with Crippen LogP contribution < -0.4 is 10.3 Å². The van der Waals surface area contributed by atoms with Crippen molar-refractivity contribution in [2.24, 2.45) is 5.73 Å². The van der Waals surface area contributed by atoms with Crippen molar-refractivity contribution >= 4 is 18.5 Å². The molecule has 0 radical (unpaired) electrons. The Balaban J connectivity index is 2.55. The van der Waals surface area contributed by atoms with Gasteiger partial charge in [-0.2, -0.15) is 0 Å². The predicted molar refractivity (Wildman–Crippen MR) is 58.6 cm³/mol. The van der Waals surface area contributed by atoms with E-state index in [4.69, 9.17) is 26.6 Å². The van der Waals surface area contributed by atoms with Crippen LogP contribution in [0.1, 0.15) is 0 Å². The van der Waals surface area contributed by atoms with Crippen LogP contribution in [0.3, 0.4) is 0 Å². The van der Waals surface area contributed by atoms with Crippen LogP contribution in [0, 0.1) is 0 Å². The molecular formula is C8H12NO3PS. The summed E-state index contributed by atoms with van der Waals surface area (Å²) in [5.74, 6) is 0.496. The maximum absolute atomic E-state index is 9.52. The number of hydrogen-bond donors (Lipinski definition) is 2. The van der Waals surface area contributed by atoms with E-state index in [9.17, 15) is 4.89 Å². The average molecular weight is 233 g/mol. The van der Waals surface area contributed by atoms with Crippen LogP contribution in [0.15, 0.2) is 30.3 Å². The van der Waals surface area contributed by atoms with Crippen molar-refractivity contribution < 1.29 is 13.9 Å². The van der Waals surface area contributed by atoms with Crippen LogP contribution in [0.25, 0.3) is 0 Å². The van der Waals surface area contributed by atoms with Gasteiger partial charge in [-0.05, 0) is 12.1 Å². The second-order valence-electron chi connectivity index (χ2n) is 2.49. The van der Waals surface area contributed by atoms with Gasteiger partial charge in [-0.3, -0.25) is 4.52 Å². The monoisotopic (exact) mass is 233 g/mol. The zero-order chi connectivity index (χ0) is 10.4. The Morgan fingerprint density at radius 3 is 2.57 bits per heavy atom. The minimum absolute atomic E-state index is 0.195. The first-order valence-electron chi connectivity index (χ1n) is 4.06. The molecule has 0 bridgehead atoms. The highest BCUT2D eigenvalue weighted by Crippen LogP contribution is 2.43. The van der Waals surface area contributed by atoms with Gasteiger partial charge < -0.3 is 15.2 Å². The number of hydrogen-bond acceptors (Lipinski definition) is 4. The molecular weight excluding hydrogens is 221 g/mol. The van der Waals surface area contributed by atoms with Crippen molar-refractivity contribution in [3.8, 4) is 5.75 Å². The van der Waals surface area contributed by atoms with E-state index in [1.807, 2.05) is 6.07 Å². The van der Waals surface area contributed by atoms with Crippen LogP contribution in [0.4, 0.5) is 0 Å². The first-order chi connectivity index (χ1) is 6.64. The molecule has 0 spiro atoms. The maximum atomic E-state index is 9.52. The molecule has 0 aliphatic carbocycles. The van der Waals surface area contributed by atoms with Crippen molar-refractivity contribution in [1.29, 1.82) is 0 Å². The molecule has 0 saturated heterocycles. The van der Waals surface area contributed by atoms with Gasteiger partial charge in [-0.25, -0.2) is 0 Å². The Morgan fingerprint density at radius 1 is 1.36 bits per heavy atom. The molecule has 4 nitrogen and oxygen atoms in total. The number of nitrogens with two attached hydrogens (primary N) is 1. The van der Waals surface area contributed by atoms with Gasteiger partial charge >= 0.3 is 6.72 Å². The molecule has 78 valence electrons. The largest absolute Gasteiger partial charge is 0.424 e. The standard InChI is InChI=1S/C8H12NO3PS/c9-6-7-11-13(10,14)12-8-4-2-1-3-5-8/h1-5H,6-7,9H2,(H,10,14). The van der Waals surface area contributed by atoms with Gasteiger partial charge in [0.25, 0.3) is 0 Å². The molecule has 0 aromatic heterocycles. The van der Waals surface area contributed by atoms with Gasteiger partial charge in [0, 0.05) is 18.4 Å². The molecule has 14 heavy (non-hydrogen) atoms. The maximum Gasteiger partial charge on any atom is 0.377 e. The summed E-state index contributed by atoms with van der Waals surface area (Å²) in [4.78, 5) is 9.52. The Morgan fingerprint density at radius 2 is 2.00 bits per heavy atom. The molecule has 3 N–H and O–H groups in total. The number of benzene rings is 1. The first-order valence-corrected chi connectivity index (χ1v) is 6.65. The second-order valence-corrected chi connectivity index (χ2v) is 5.26. The summed E-state index contributed by atoms with van der Waals surface area (Å²) >= 11 is 4.76. The summed E-state index contributed by atoms with van der Waals surface area (Å²) in [5.41, 5.74) is 5.21. The second kappa shape index (κ2) is 5.44. The Labute approximate surface area is 87.9 Å². The first kappa shape index (κ1) is 11.6. The predicted octanol–water partition coefficient (Wildman–Crippen LogP) is 1.26. The van der Waals surface area contributed by atoms with Gasteiger partial charge in [0.15, 0.2) is 0 Å². The lowest BCUT2D eigenvalue weighted by atomic mass is 10.3. The summed E-state index contributed by atoms with van der Waals surface area (Å²) in [6.45, 7) is -2.68. The molecule has 1 aromatic rings. The molecule has 0 aliphatic rings. The van der Waals surface area contributed by atoms with Crippen LogP contribution in [-0.4, -0.2) is 18.0 Å². The average Bonchev–Trinajstić information content (AvgIpc) is 2.16. The van der Waals surface area contributed by atoms with Crippen LogP contribution in [0.5, 0.6) is 5.75 Å². The van der Waals surface area contributed by atoms with E-state index in [0.29, 0.717) is 12.3 Å². The molecule has 1 unspecified atom stereocenters. The van der Waals surface area contributed by atoms with E-state index < -0.39 is 6.72 Å². The third kappa shape index (κ3) is 4.17. The minimum atomic E-state index is -3.18. The fourth-order valence-electron chi connectivity index (χ4n) is 0.809. The minimum Gasteiger partial charge on any atom is -0.424 e. The lowest BCUT2D eigenvalue weighted by molar-refractivity contribution is 0.264. The highest BCUT2D eigenvalue weighted by Gasteiger charge is 2.15. The number of rotatable bonds is 5. The molecule has 0 amide bonds. The van der Waals surface area contributed by atoms with Gasteiger partial charge in [0.2, 0.25) is 0 Å². The molecule has 1 aromatic carbocycles. The molecule has 1 rings (SSSR count). The van der Waals surface area contributed by atoms with Gasteiger partial charge in [0.05, 0.1) is 6.61 Å². The molecule has 1 atom stereocenters. The Kier molecular flexibility index (Phi) is 4.51. The van der Waals surface area contributed by atoms with Gasteiger partial charge in [-0.15, -0.1) is 0 Å². The van der Waals surface area contributed by atoms with Crippen molar-refractivity contribution in [3.05, 3.63) is 30.3 Å². The number of para-hydroxylation sites is 1. The lowest BCUT2D eigenvalue weighted by Crippen LogP contribution is -2.08. The van der Waals surface area contributed by atoms with Crippen molar-refractivity contribution in [2.75, 3.05) is 13.2 Å². The highest BCUT2D eigenvalue weighted by atomic mass is 32.5. The summed E-state index contributed by atoms with van der Waals surface area (Å²) < 4.78 is 10.0. The van der Waals surface area contributed by atoms with Crippen LogP contribution >= 0.6 is 6.72 Å². The molecule has 0 fully saturated rings. The third-order valence-electron chi connectivity index (χ3n) is 1.34. The van der Waals surface area contributed by atoms with E-state index in [2.05, 4.69) is 0 Å². The quantitative estimate of drug-likeness (QED) is 0.749. The van der Waals surface area contributed by atoms with Gasteiger partial charge in [-0.1, -0.05) is 18.2 Å². The van der Waals surface area contributed by atoms with Crippen LogP contribution in [-0.2, 0) is 16.3 Å². The summed E-state index contributed by atoms with van der Waals surface area (Å²) in [6.07, 6.45) is 0. The van der Waals surface area contributed by atoms with E-state index in [1.165, 1.54) is 0 Å². The Bertz CT molecular complexity index is 320. The van der Waals surface area contributed by atoms with E-state index in [-0.39, 0.29) is 6.61 Å². The topological polar surface area (TPSA) is 64.7 Å². The SMILES string of the molecule is NCCOP(O)(=S)Oc1ccccc1. The summed E-state index contributed by atoms with van der Waals surface area (Å²) in [5, 5.41) is 0. The fraction of sp³-hybridized carbons (Fsp3) is 0.250. The van der Waals surface area contributed by atoms with E-state index >= 15 is 0 Å². The summed E-state index contributed by atoms with van der Waals surface area (Å²) in [7, 11) is 0. The molecule has 0 saturated carbocycles. The van der Waals surface area contributed by atoms with Crippen molar-refractivity contribution in [1.82, 2.24) is 0 Å². The third-order valence-corrected chi connectivity index (χ3v) is 2.83. The smallest absolute Gasteiger partial charge is 0.377 e. The van der Waals surface area contributed by atoms with Crippen molar-refractivity contribution in [2.45, 2.75) is 0 Å². The zero-order valence-corrected chi connectivity index (χ0v) is 9.21. The molecule has 0 heterocycles. The van der Waals surface area contributed by atoms with E-state index in [0.717, 1.165) is 0 Å². The van der Waals surface area contributed by atoms with Gasteiger partial charge in [0.1, 0.15) is 5.75 Å². The van der Waals surface area contributed by atoms with Crippen LogP contribution in [0.2, 0.25) is 0 Å². The summed E-state index contributed by atoms with van der Waals surface area (Å²) in [6, 6.07) is 8.81. The fourth-order valence-corrected chi connectivity index (χ4v) is 2.07. The highest BCUT2D eigenvalue weighted by molar-refractivity contribution is 8.07. The van der Waals surface area contributed by atoms with E-state index in [1.54, 1.807) is 24.3 Å². The van der Waals surface area contributed by atoms with Crippen molar-refractivity contribution in [3.63, 3.8) is 0 Å².